The third kappa shape index (κ3) is 4.39. The van der Waals surface area contributed by atoms with Gasteiger partial charge in [0.05, 0.1) is 0 Å². The standard InChI is InChI=1S/C24H24N2O2/c27-21-11-9-19(10-12-21)22-16-23(22)24(28)26(17-18-6-2-1-3-7-18)15-13-20-8-4-5-14-25-20/h1-12,14,22-23,27H,13,15-17H2. The Bertz CT molecular complexity index is 910. The van der Waals surface area contributed by atoms with Crippen molar-refractivity contribution < 1.29 is 9.90 Å². The number of nitrogens with zero attached hydrogens (tertiary/aromatic N) is 2. The van der Waals surface area contributed by atoms with Crippen LogP contribution >= 0.6 is 0 Å². The number of pyridine rings is 1. The second-order valence-electron chi connectivity index (χ2n) is 7.36. The van der Waals surface area contributed by atoms with E-state index in [9.17, 15) is 9.90 Å². The zero-order valence-corrected chi connectivity index (χ0v) is 15.7. The van der Waals surface area contributed by atoms with Gasteiger partial charge in [-0.05, 0) is 47.7 Å². The number of rotatable bonds is 7. The summed E-state index contributed by atoms with van der Waals surface area (Å²) in [5, 5.41) is 9.48. The highest BCUT2D eigenvalue weighted by molar-refractivity contribution is 5.83. The molecule has 1 heterocycles. The van der Waals surface area contributed by atoms with Crippen molar-refractivity contribution in [2.24, 2.45) is 5.92 Å². The lowest BCUT2D eigenvalue weighted by atomic mass is 10.1. The van der Waals surface area contributed by atoms with Crippen molar-refractivity contribution in [3.8, 4) is 5.75 Å². The molecule has 4 heteroatoms. The largest absolute Gasteiger partial charge is 0.508 e. The molecule has 1 aliphatic carbocycles. The molecule has 1 N–H and O–H groups in total. The average molecular weight is 372 g/mol. The molecule has 0 aliphatic heterocycles. The van der Waals surface area contributed by atoms with Crippen LogP contribution in [0.3, 0.4) is 0 Å². The van der Waals surface area contributed by atoms with Crippen LogP contribution in [0, 0.1) is 5.92 Å². The van der Waals surface area contributed by atoms with E-state index < -0.39 is 0 Å². The normalized spacial score (nSPS) is 17.9. The number of phenolic OH excluding ortho intramolecular Hbond substituents is 1. The molecule has 4 nitrogen and oxygen atoms in total. The van der Waals surface area contributed by atoms with E-state index in [2.05, 4.69) is 17.1 Å². The topological polar surface area (TPSA) is 53.4 Å². The van der Waals surface area contributed by atoms with E-state index in [1.165, 1.54) is 0 Å². The van der Waals surface area contributed by atoms with Crippen LogP contribution in [0.4, 0.5) is 0 Å². The van der Waals surface area contributed by atoms with Gasteiger partial charge >= 0.3 is 0 Å². The maximum atomic E-state index is 13.2. The smallest absolute Gasteiger partial charge is 0.226 e. The first-order valence-electron chi connectivity index (χ1n) is 9.72. The van der Waals surface area contributed by atoms with Gasteiger partial charge in [0.25, 0.3) is 0 Å². The molecular formula is C24H24N2O2. The number of carbonyl (C=O) groups is 1. The molecular weight excluding hydrogens is 348 g/mol. The zero-order chi connectivity index (χ0) is 19.3. The third-order valence-electron chi connectivity index (χ3n) is 5.32. The van der Waals surface area contributed by atoms with Gasteiger partial charge in [0.2, 0.25) is 5.91 Å². The van der Waals surface area contributed by atoms with E-state index >= 15 is 0 Å². The van der Waals surface area contributed by atoms with Gasteiger partial charge in [-0.2, -0.15) is 0 Å². The molecule has 0 bridgehead atoms. The van der Waals surface area contributed by atoms with Crippen molar-refractivity contribution >= 4 is 5.91 Å². The first-order valence-corrected chi connectivity index (χ1v) is 9.72. The van der Waals surface area contributed by atoms with Gasteiger partial charge < -0.3 is 10.0 Å². The molecule has 1 amide bonds. The Morgan fingerprint density at radius 3 is 2.46 bits per heavy atom. The fourth-order valence-corrected chi connectivity index (χ4v) is 3.66. The van der Waals surface area contributed by atoms with Crippen molar-refractivity contribution in [3.63, 3.8) is 0 Å². The number of hydrogen-bond acceptors (Lipinski definition) is 3. The maximum absolute atomic E-state index is 13.2. The SMILES string of the molecule is O=C(C1CC1c1ccc(O)cc1)N(CCc1ccccn1)Cc1ccccc1. The number of amides is 1. The lowest BCUT2D eigenvalue weighted by Gasteiger charge is -2.23. The minimum absolute atomic E-state index is 0.0250. The van der Waals surface area contributed by atoms with Gasteiger partial charge in [0.1, 0.15) is 5.75 Å². The number of hydrogen-bond donors (Lipinski definition) is 1. The summed E-state index contributed by atoms with van der Waals surface area (Å²) in [6.45, 7) is 1.27. The molecule has 2 unspecified atom stereocenters. The van der Waals surface area contributed by atoms with Crippen molar-refractivity contribution in [2.75, 3.05) is 6.54 Å². The molecule has 3 aromatic rings. The minimum Gasteiger partial charge on any atom is -0.508 e. The fourth-order valence-electron chi connectivity index (χ4n) is 3.66. The monoisotopic (exact) mass is 372 g/mol. The molecule has 1 saturated carbocycles. The molecule has 2 aromatic carbocycles. The first kappa shape index (κ1) is 18.2. The molecule has 142 valence electrons. The highest BCUT2D eigenvalue weighted by atomic mass is 16.3. The lowest BCUT2D eigenvalue weighted by molar-refractivity contribution is -0.133. The van der Waals surface area contributed by atoms with E-state index in [0.29, 0.717) is 13.1 Å². The Hall–Kier alpha value is -3.14. The minimum atomic E-state index is 0.0250. The molecule has 0 spiro atoms. The first-order chi connectivity index (χ1) is 13.7. The summed E-state index contributed by atoms with van der Waals surface area (Å²) in [6, 6.07) is 23.2. The van der Waals surface area contributed by atoms with E-state index in [4.69, 9.17) is 0 Å². The molecule has 28 heavy (non-hydrogen) atoms. The molecule has 1 aliphatic rings. The lowest BCUT2D eigenvalue weighted by Crippen LogP contribution is -2.34. The van der Waals surface area contributed by atoms with Crippen LogP contribution in [0.15, 0.2) is 79.0 Å². The second kappa shape index (κ2) is 8.26. The Balaban J connectivity index is 1.46. The van der Waals surface area contributed by atoms with Crippen LogP contribution in [0.2, 0.25) is 0 Å². The molecule has 1 aromatic heterocycles. The Kier molecular flexibility index (Phi) is 5.38. The highest BCUT2D eigenvalue weighted by Crippen LogP contribution is 2.48. The Labute approximate surface area is 165 Å². The summed E-state index contributed by atoms with van der Waals surface area (Å²) in [6.07, 6.45) is 3.41. The summed E-state index contributed by atoms with van der Waals surface area (Å²) in [4.78, 5) is 19.6. The molecule has 0 radical (unpaired) electrons. The number of aromatic nitrogens is 1. The number of carbonyl (C=O) groups excluding carboxylic acids is 1. The van der Waals surface area contributed by atoms with Gasteiger partial charge in [-0.1, -0.05) is 48.5 Å². The van der Waals surface area contributed by atoms with Crippen LogP contribution in [0.5, 0.6) is 5.75 Å². The summed E-state index contributed by atoms with van der Waals surface area (Å²) in [7, 11) is 0. The summed E-state index contributed by atoms with van der Waals surface area (Å²) in [5.41, 5.74) is 3.26. The van der Waals surface area contributed by atoms with E-state index in [0.717, 1.165) is 29.7 Å². The Morgan fingerprint density at radius 2 is 1.75 bits per heavy atom. The predicted molar refractivity (Wildman–Crippen MR) is 109 cm³/mol. The van der Waals surface area contributed by atoms with Gasteiger partial charge in [0, 0.05) is 37.3 Å². The maximum Gasteiger partial charge on any atom is 0.226 e. The summed E-state index contributed by atoms with van der Waals surface area (Å²) in [5.74, 6) is 0.740. The Morgan fingerprint density at radius 1 is 1.00 bits per heavy atom. The van der Waals surface area contributed by atoms with Crippen LogP contribution in [0.25, 0.3) is 0 Å². The summed E-state index contributed by atoms with van der Waals surface area (Å²) >= 11 is 0. The van der Waals surface area contributed by atoms with Crippen molar-refractivity contribution in [1.29, 1.82) is 0 Å². The zero-order valence-electron chi connectivity index (χ0n) is 15.7. The van der Waals surface area contributed by atoms with Gasteiger partial charge in [0.15, 0.2) is 0 Å². The number of aromatic hydroxyl groups is 1. The number of phenols is 1. The van der Waals surface area contributed by atoms with Gasteiger partial charge in [-0.3, -0.25) is 9.78 Å². The van der Waals surface area contributed by atoms with E-state index in [-0.39, 0.29) is 23.5 Å². The van der Waals surface area contributed by atoms with Crippen molar-refractivity contribution in [3.05, 3.63) is 95.8 Å². The molecule has 4 rings (SSSR count). The van der Waals surface area contributed by atoms with Crippen LogP contribution in [-0.4, -0.2) is 27.4 Å². The fraction of sp³-hybridized carbons (Fsp3) is 0.250. The number of benzene rings is 2. The van der Waals surface area contributed by atoms with E-state index in [1.807, 2.05) is 53.4 Å². The highest BCUT2D eigenvalue weighted by Gasteiger charge is 2.45. The van der Waals surface area contributed by atoms with Crippen molar-refractivity contribution in [2.45, 2.75) is 25.3 Å². The molecule has 1 fully saturated rings. The quantitative estimate of drug-likeness (QED) is 0.677. The molecule has 0 saturated heterocycles. The van der Waals surface area contributed by atoms with Crippen LogP contribution < -0.4 is 0 Å². The van der Waals surface area contributed by atoms with E-state index in [1.54, 1.807) is 18.3 Å². The molecule has 2 atom stereocenters. The second-order valence-corrected chi connectivity index (χ2v) is 7.36. The van der Waals surface area contributed by atoms with Crippen molar-refractivity contribution in [1.82, 2.24) is 9.88 Å². The average Bonchev–Trinajstić information content (AvgIpc) is 3.53. The van der Waals surface area contributed by atoms with Crippen LogP contribution in [0.1, 0.15) is 29.2 Å². The third-order valence-corrected chi connectivity index (χ3v) is 5.32. The van der Waals surface area contributed by atoms with Gasteiger partial charge in [-0.15, -0.1) is 0 Å². The van der Waals surface area contributed by atoms with Crippen LogP contribution in [-0.2, 0) is 17.8 Å². The van der Waals surface area contributed by atoms with Gasteiger partial charge in [-0.25, -0.2) is 0 Å². The summed E-state index contributed by atoms with van der Waals surface area (Å²) < 4.78 is 0. The predicted octanol–water partition coefficient (Wildman–Crippen LogP) is 4.16.